The number of nitrogens with zero attached hydrogens (tertiary/aromatic N) is 1. The van der Waals surface area contributed by atoms with Crippen LogP contribution >= 0.6 is 0 Å². The second kappa shape index (κ2) is 9.90. The lowest BCUT2D eigenvalue weighted by molar-refractivity contribution is -0.130. The van der Waals surface area contributed by atoms with Crippen molar-refractivity contribution in [3.8, 4) is 0 Å². The molecule has 2 aliphatic carbocycles. The summed E-state index contributed by atoms with van der Waals surface area (Å²) in [6.45, 7) is 5.06. The lowest BCUT2D eigenvalue weighted by Gasteiger charge is -2.30. The molecule has 0 aromatic heterocycles. The Morgan fingerprint density at radius 3 is 2.48 bits per heavy atom. The molecule has 4 heteroatoms. The summed E-state index contributed by atoms with van der Waals surface area (Å²) in [7, 11) is 0. The lowest BCUT2D eigenvalue weighted by atomic mass is 9.91. The molecular weight excluding hydrogens is 358 g/mol. The van der Waals surface area contributed by atoms with Crippen LogP contribution in [0.3, 0.4) is 0 Å². The minimum Gasteiger partial charge on any atom is -0.343 e. The van der Waals surface area contributed by atoms with Crippen molar-refractivity contribution in [2.45, 2.75) is 76.4 Å². The molecule has 1 aromatic rings. The van der Waals surface area contributed by atoms with Gasteiger partial charge in [0, 0.05) is 44.2 Å². The van der Waals surface area contributed by atoms with Gasteiger partial charge in [0.2, 0.25) is 5.91 Å². The summed E-state index contributed by atoms with van der Waals surface area (Å²) >= 11 is 0. The number of amides is 1. The molecule has 1 aromatic carbocycles. The molecule has 3 aliphatic rings. The maximum absolute atomic E-state index is 12.1. The van der Waals surface area contributed by atoms with E-state index in [4.69, 9.17) is 0 Å². The van der Waals surface area contributed by atoms with Gasteiger partial charge >= 0.3 is 0 Å². The van der Waals surface area contributed by atoms with Crippen molar-refractivity contribution in [3.63, 3.8) is 0 Å². The van der Waals surface area contributed by atoms with E-state index in [1.54, 1.807) is 0 Å². The number of nitrogens with one attached hydrogen (secondary N) is 2. The molecule has 1 amide bonds. The Morgan fingerprint density at radius 2 is 1.76 bits per heavy atom. The predicted molar refractivity (Wildman–Crippen MR) is 120 cm³/mol. The van der Waals surface area contributed by atoms with Crippen molar-refractivity contribution in [1.29, 1.82) is 0 Å². The van der Waals surface area contributed by atoms with E-state index in [0.29, 0.717) is 36.4 Å². The van der Waals surface area contributed by atoms with Gasteiger partial charge in [-0.15, -0.1) is 0 Å². The predicted octanol–water partition coefficient (Wildman–Crippen LogP) is 3.98. The SMILES string of the molecule is C/C(=C\c1ccccc1)C1CC1NC1CCC(NCCC(=O)N2CCCC2)CC1. The largest absolute Gasteiger partial charge is 0.343 e. The molecule has 0 spiro atoms. The number of carbonyl (C=O) groups excluding carboxylic acids is 1. The fraction of sp³-hybridized carbons (Fsp3) is 0.640. The number of benzene rings is 1. The fourth-order valence-corrected chi connectivity index (χ4v) is 5.08. The monoisotopic (exact) mass is 395 g/mol. The summed E-state index contributed by atoms with van der Waals surface area (Å²) in [4.78, 5) is 14.2. The van der Waals surface area contributed by atoms with Crippen LogP contribution < -0.4 is 10.6 Å². The first kappa shape index (κ1) is 20.6. The molecule has 4 rings (SSSR count). The third kappa shape index (κ3) is 5.93. The van der Waals surface area contributed by atoms with Crippen LogP contribution in [-0.4, -0.2) is 48.6 Å². The molecule has 3 fully saturated rings. The summed E-state index contributed by atoms with van der Waals surface area (Å²) in [5.41, 5.74) is 2.82. The molecule has 158 valence electrons. The molecule has 0 bridgehead atoms. The van der Waals surface area contributed by atoms with Gasteiger partial charge in [0.05, 0.1) is 0 Å². The van der Waals surface area contributed by atoms with Crippen LogP contribution in [0, 0.1) is 5.92 Å². The first-order valence-corrected chi connectivity index (χ1v) is 11.7. The van der Waals surface area contributed by atoms with Gasteiger partial charge in [0.15, 0.2) is 0 Å². The van der Waals surface area contributed by atoms with Crippen molar-refractivity contribution in [2.75, 3.05) is 19.6 Å². The molecule has 2 saturated carbocycles. The Balaban J connectivity index is 1.11. The van der Waals surface area contributed by atoms with E-state index in [0.717, 1.165) is 19.6 Å². The molecule has 4 nitrogen and oxygen atoms in total. The van der Waals surface area contributed by atoms with Gasteiger partial charge in [-0.2, -0.15) is 0 Å². The average molecular weight is 396 g/mol. The molecule has 2 N–H and O–H groups in total. The number of hydrogen-bond donors (Lipinski definition) is 2. The van der Waals surface area contributed by atoms with Crippen molar-refractivity contribution in [1.82, 2.24) is 15.5 Å². The van der Waals surface area contributed by atoms with Gasteiger partial charge in [-0.3, -0.25) is 4.79 Å². The number of carbonyl (C=O) groups is 1. The molecule has 1 aliphatic heterocycles. The summed E-state index contributed by atoms with van der Waals surface area (Å²) in [5.74, 6) is 1.05. The zero-order valence-electron chi connectivity index (χ0n) is 17.9. The van der Waals surface area contributed by atoms with Crippen LogP contribution in [-0.2, 0) is 4.79 Å². The van der Waals surface area contributed by atoms with Gasteiger partial charge in [-0.25, -0.2) is 0 Å². The molecule has 1 heterocycles. The maximum atomic E-state index is 12.1. The van der Waals surface area contributed by atoms with E-state index in [9.17, 15) is 4.79 Å². The summed E-state index contributed by atoms with van der Waals surface area (Å²) in [6.07, 6.45) is 11.6. The van der Waals surface area contributed by atoms with Crippen LogP contribution in [0.1, 0.15) is 63.9 Å². The first-order chi connectivity index (χ1) is 14.2. The van der Waals surface area contributed by atoms with Gasteiger partial charge in [-0.05, 0) is 63.4 Å². The van der Waals surface area contributed by atoms with Crippen LogP contribution in [0.4, 0.5) is 0 Å². The Bertz CT molecular complexity index is 687. The van der Waals surface area contributed by atoms with Crippen molar-refractivity contribution < 1.29 is 4.79 Å². The van der Waals surface area contributed by atoms with Crippen LogP contribution in [0.25, 0.3) is 6.08 Å². The number of hydrogen-bond acceptors (Lipinski definition) is 3. The molecule has 2 atom stereocenters. The van der Waals surface area contributed by atoms with E-state index in [1.165, 1.54) is 56.1 Å². The smallest absolute Gasteiger partial charge is 0.223 e. The van der Waals surface area contributed by atoms with Crippen molar-refractivity contribution in [2.24, 2.45) is 5.92 Å². The fourth-order valence-electron chi connectivity index (χ4n) is 5.08. The Labute approximate surface area is 176 Å². The van der Waals surface area contributed by atoms with Crippen LogP contribution in [0.15, 0.2) is 35.9 Å². The highest BCUT2D eigenvalue weighted by atomic mass is 16.2. The molecule has 2 unspecified atom stereocenters. The standard InChI is InChI=1S/C25H37N3O/c1-19(17-20-7-3-2-4-8-20)23-18-24(23)27-22-11-9-21(10-12-22)26-14-13-25(29)28-15-5-6-16-28/h2-4,7-8,17,21-24,26-27H,5-6,9-16,18H2,1H3/b19-17+. The topological polar surface area (TPSA) is 44.4 Å². The number of rotatable bonds is 8. The van der Waals surface area contributed by atoms with E-state index in [-0.39, 0.29) is 0 Å². The van der Waals surface area contributed by atoms with Crippen molar-refractivity contribution in [3.05, 3.63) is 41.5 Å². The zero-order chi connectivity index (χ0) is 20.1. The van der Waals surface area contributed by atoms with E-state index >= 15 is 0 Å². The highest BCUT2D eigenvalue weighted by Crippen LogP contribution is 2.39. The van der Waals surface area contributed by atoms with E-state index < -0.39 is 0 Å². The van der Waals surface area contributed by atoms with Gasteiger partial charge in [0.1, 0.15) is 0 Å². The van der Waals surface area contributed by atoms with Gasteiger partial charge in [0.25, 0.3) is 0 Å². The van der Waals surface area contributed by atoms with Crippen molar-refractivity contribution >= 4 is 12.0 Å². The number of likely N-dealkylation sites (tertiary alicyclic amines) is 1. The summed E-state index contributed by atoms with van der Waals surface area (Å²) in [5, 5.41) is 7.55. The Morgan fingerprint density at radius 1 is 1.07 bits per heavy atom. The van der Waals surface area contributed by atoms with Crippen LogP contribution in [0.5, 0.6) is 0 Å². The van der Waals surface area contributed by atoms with Gasteiger partial charge in [-0.1, -0.05) is 42.0 Å². The van der Waals surface area contributed by atoms with Crippen LogP contribution in [0.2, 0.25) is 0 Å². The molecular formula is C25H37N3O. The van der Waals surface area contributed by atoms with E-state index in [1.807, 2.05) is 4.90 Å². The van der Waals surface area contributed by atoms with Gasteiger partial charge < -0.3 is 15.5 Å². The maximum Gasteiger partial charge on any atom is 0.223 e. The normalized spacial score (nSPS) is 29.8. The summed E-state index contributed by atoms with van der Waals surface area (Å²) in [6, 6.07) is 12.6. The quantitative estimate of drug-likeness (QED) is 0.700. The minimum absolute atomic E-state index is 0.337. The van der Waals surface area contributed by atoms with E-state index in [2.05, 4.69) is 54.0 Å². The zero-order valence-corrected chi connectivity index (χ0v) is 17.9. The molecule has 29 heavy (non-hydrogen) atoms. The second-order valence-electron chi connectivity index (χ2n) is 9.25. The third-order valence-electron chi connectivity index (χ3n) is 6.98. The average Bonchev–Trinajstić information content (AvgIpc) is 3.28. The summed E-state index contributed by atoms with van der Waals surface area (Å²) < 4.78 is 0. The highest BCUT2D eigenvalue weighted by molar-refractivity contribution is 5.76. The molecule has 0 radical (unpaired) electrons. The minimum atomic E-state index is 0.337. The Hall–Kier alpha value is -1.65. The second-order valence-corrected chi connectivity index (χ2v) is 9.25. The third-order valence-corrected chi connectivity index (χ3v) is 6.98. The Kier molecular flexibility index (Phi) is 7.04. The highest BCUT2D eigenvalue weighted by Gasteiger charge is 2.39. The molecule has 1 saturated heterocycles. The first-order valence-electron chi connectivity index (χ1n) is 11.7. The lowest BCUT2D eigenvalue weighted by Crippen LogP contribution is -2.42.